The van der Waals surface area contributed by atoms with Crippen molar-refractivity contribution in [1.82, 2.24) is 9.55 Å². The molecule has 0 spiro atoms. The van der Waals surface area contributed by atoms with Gasteiger partial charge in [0.2, 0.25) is 0 Å². The van der Waals surface area contributed by atoms with Gasteiger partial charge in [-0.3, -0.25) is 9.36 Å². The predicted octanol–water partition coefficient (Wildman–Crippen LogP) is 4.61. The Kier molecular flexibility index (Phi) is 3.41. The van der Waals surface area contributed by atoms with Gasteiger partial charge in [0.1, 0.15) is 6.33 Å². The van der Waals surface area contributed by atoms with Crippen LogP contribution in [0, 0.1) is 13.8 Å². The van der Waals surface area contributed by atoms with Crippen LogP contribution in [0.5, 0.6) is 0 Å². The molecule has 3 aromatic rings. The van der Waals surface area contributed by atoms with Crippen molar-refractivity contribution < 1.29 is 4.79 Å². The highest BCUT2D eigenvalue weighted by Crippen LogP contribution is 2.25. The second-order valence-electron chi connectivity index (χ2n) is 5.26. The first-order valence-electron chi connectivity index (χ1n) is 6.72. The van der Waals surface area contributed by atoms with Gasteiger partial charge in [0, 0.05) is 15.7 Å². The lowest BCUT2D eigenvalue weighted by Gasteiger charge is -2.08. The number of aryl methyl sites for hydroxylation is 2. The monoisotopic (exact) mass is 342 g/mol. The number of carbonyl (C=O) groups is 1. The lowest BCUT2D eigenvalue weighted by Crippen LogP contribution is -1.97. The molecule has 0 amide bonds. The Morgan fingerprint density at radius 2 is 1.86 bits per heavy atom. The van der Waals surface area contributed by atoms with E-state index in [1.165, 1.54) is 11.1 Å². The van der Waals surface area contributed by atoms with Crippen LogP contribution < -0.4 is 0 Å². The highest BCUT2D eigenvalue weighted by atomic mass is 79.9. The number of Topliss-reactive ketones (excluding diaryl/α,β-unsaturated/α-hetero) is 1. The summed E-state index contributed by atoms with van der Waals surface area (Å²) in [5, 5.41) is 0. The molecular formula is C17H15BrN2O. The molecular weight excluding hydrogens is 328 g/mol. The van der Waals surface area contributed by atoms with Crippen LogP contribution >= 0.6 is 15.9 Å². The van der Waals surface area contributed by atoms with E-state index in [9.17, 15) is 4.79 Å². The maximum Gasteiger partial charge on any atom is 0.160 e. The topological polar surface area (TPSA) is 34.9 Å². The van der Waals surface area contributed by atoms with Gasteiger partial charge in [-0.25, -0.2) is 4.98 Å². The van der Waals surface area contributed by atoms with Crippen molar-refractivity contribution in [2.24, 2.45) is 0 Å². The molecule has 0 aliphatic carbocycles. The zero-order valence-corrected chi connectivity index (χ0v) is 13.7. The van der Waals surface area contributed by atoms with Gasteiger partial charge in [-0.2, -0.15) is 0 Å². The quantitative estimate of drug-likeness (QED) is 0.637. The molecule has 0 saturated heterocycles. The molecule has 1 heterocycles. The maximum atomic E-state index is 11.5. The van der Waals surface area contributed by atoms with Gasteiger partial charge in [-0.1, -0.05) is 0 Å². The van der Waals surface area contributed by atoms with Crippen LogP contribution in [0.15, 0.2) is 41.1 Å². The number of benzene rings is 2. The molecule has 0 fully saturated rings. The van der Waals surface area contributed by atoms with Crippen LogP contribution in [-0.4, -0.2) is 15.3 Å². The third-order valence-corrected chi connectivity index (χ3v) is 4.43. The number of fused-ring (bicyclic) bond motifs is 1. The molecule has 0 bridgehead atoms. The summed E-state index contributed by atoms with van der Waals surface area (Å²) < 4.78 is 2.84. The van der Waals surface area contributed by atoms with E-state index in [1.807, 2.05) is 29.1 Å². The zero-order valence-electron chi connectivity index (χ0n) is 12.1. The van der Waals surface area contributed by atoms with Gasteiger partial charge in [0.25, 0.3) is 0 Å². The molecule has 3 nitrogen and oxygen atoms in total. The molecule has 4 heteroatoms. The van der Waals surface area contributed by atoms with E-state index in [4.69, 9.17) is 0 Å². The molecule has 21 heavy (non-hydrogen) atoms. The number of halogens is 1. The number of aromatic nitrogens is 2. The number of hydrogen-bond donors (Lipinski definition) is 0. The highest BCUT2D eigenvalue weighted by Gasteiger charge is 2.10. The van der Waals surface area contributed by atoms with Crippen molar-refractivity contribution in [2.75, 3.05) is 0 Å². The Morgan fingerprint density at radius 3 is 2.52 bits per heavy atom. The van der Waals surface area contributed by atoms with Crippen molar-refractivity contribution >= 4 is 32.7 Å². The van der Waals surface area contributed by atoms with Crippen molar-refractivity contribution in [3.8, 4) is 5.69 Å². The lowest BCUT2D eigenvalue weighted by atomic mass is 10.1. The fraction of sp³-hybridized carbons (Fsp3) is 0.176. The van der Waals surface area contributed by atoms with Crippen LogP contribution in [0.3, 0.4) is 0 Å². The molecule has 0 unspecified atom stereocenters. The first-order valence-corrected chi connectivity index (χ1v) is 7.52. The van der Waals surface area contributed by atoms with E-state index >= 15 is 0 Å². The number of hydrogen-bond acceptors (Lipinski definition) is 2. The summed E-state index contributed by atoms with van der Waals surface area (Å²) >= 11 is 3.47. The average molecular weight is 343 g/mol. The summed E-state index contributed by atoms with van der Waals surface area (Å²) in [6.07, 6.45) is 1.82. The van der Waals surface area contributed by atoms with Crippen LogP contribution in [0.4, 0.5) is 0 Å². The number of imidazole rings is 1. The van der Waals surface area contributed by atoms with Crippen LogP contribution in [-0.2, 0) is 0 Å². The molecule has 0 N–H and O–H groups in total. The van der Waals surface area contributed by atoms with Gasteiger partial charge in [-0.05, 0) is 78.2 Å². The molecule has 3 rings (SSSR count). The Balaban J connectivity index is 2.19. The van der Waals surface area contributed by atoms with Crippen LogP contribution in [0.2, 0.25) is 0 Å². The number of ketones is 1. The Hall–Kier alpha value is -1.94. The fourth-order valence-corrected chi connectivity index (χ4v) is 3.06. The van der Waals surface area contributed by atoms with Crippen LogP contribution in [0.1, 0.15) is 28.4 Å². The summed E-state index contributed by atoms with van der Waals surface area (Å²) in [4.78, 5) is 16.0. The minimum absolute atomic E-state index is 0.0513. The van der Waals surface area contributed by atoms with Gasteiger partial charge >= 0.3 is 0 Å². The first-order chi connectivity index (χ1) is 9.97. The van der Waals surface area contributed by atoms with E-state index in [-0.39, 0.29) is 5.78 Å². The highest BCUT2D eigenvalue weighted by molar-refractivity contribution is 9.10. The third kappa shape index (κ3) is 2.40. The predicted molar refractivity (Wildman–Crippen MR) is 88.2 cm³/mol. The summed E-state index contributed by atoms with van der Waals surface area (Å²) in [5.41, 5.74) is 6.20. The largest absolute Gasteiger partial charge is 0.299 e. The minimum atomic E-state index is 0.0513. The normalized spacial score (nSPS) is 11.0. The number of rotatable bonds is 2. The molecule has 0 saturated carbocycles. The Bertz CT molecular complexity index is 865. The van der Waals surface area contributed by atoms with E-state index < -0.39 is 0 Å². The smallest absolute Gasteiger partial charge is 0.160 e. The maximum absolute atomic E-state index is 11.5. The molecule has 2 aromatic carbocycles. The second kappa shape index (κ2) is 5.11. The summed E-state index contributed by atoms with van der Waals surface area (Å²) in [6, 6.07) is 9.98. The lowest BCUT2D eigenvalue weighted by molar-refractivity contribution is 0.101. The van der Waals surface area contributed by atoms with Crippen LogP contribution in [0.25, 0.3) is 16.7 Å². The zero-order chi connectivity index (χ0) is 15.1. The van der Waals surface area contributed by atoms with Gasteiger partial charge in [0.15, 0.2) is 5.78 Å². The van der Waals surface area contributed by atoms with Crippen molar-refractivity contribution in [2.45, 2.75) is 20.8 Å². The van der Waals surface area contributed by atoms with E-state index in [2.05, 4.69) is 46.9 Å². The third-order valence-electron chi connectivity index (χ3n) is 3.77. The average Bonchev–Trinajstić information content (AvgIpc) is 2.81. The van der Waals surface area contributed by atoms with E-state index in [0.717, 1.165) is 21.2 Å². The summed E-state index contributed by atoms with van der Waals surface area (Å²) in [6.45, 7) is 5.76. The number of carbonyl (C=O) groups excluding carboxylic acids is 1. The first kappa shape index (κ1) is 14.0. The van der Waals surface area contributed by atoms with Gasteiger partial charge in [-0.15, -0.1) is 0 Å². The van der Waals surface area contributed by atoms with Crippen molar-refractivity contribution in [3.63, 3.8) is 0 Å². The standard InChI is InChI=1S/C17H15BrN2O/c1-10-6-16-17(7-11(10)2)20(9-19-16)13-4-5-14(12(3)21)15(18)8-13/h4-9H,1-3H3. The van der Waals surface area contributed by atoms with Crippen molar-refractivity contribution in [3.05, 3.63) is 57.8 Å². The molecule has 1 aromatic heterocycles. The Labute approximate surface area is 131 Å². The van der Waals surface area contributed by atoms with Crippen molar-refractivity contribution in [1.29, 1.82) is 0 Å². The molecule has 0 radical (unpaired) electrons. The second-order valence-corrected chi connectivity index (χ2v) is 6.11. The van der Waals surface area contributed by atoms with Gasteiger partial charge < -0.3 is 0 Å². The summed E-state index contributed by atoms with van der Waals surface area (Å²) in [5.74, 6) is 0.0513. The fourth-order valence-electron chi connectivity index (χ4n) is 2.41. The summed E-state index contributed by atoms with van der Waals surface area (Å²) in [7, 11) is 0. The SMILES string of the molecule is CC(=O)c1ccc(-n2cnc3cc(C)c(C)cc32)cc1Br. The van der Waals surface area contributed by atoms with E-state index in [1.54, 1.807) is 6.92 Å². The molecule has 0 atom stereocenters. The molecule has 106 valence electrons. The molecule has 0 aliphatic heterocycles. The van der Waals surface area contributed by atoms with Gasteiger partial charge in [0.05, 0.1) is 11.0 Å². The van der Waals surface area contributed by atoms with E-state index in [0.29, 0.717) is 5.56 Å². The Morgan fingerprint density at radius 1 is 1.14 bits per heavy atom. The number of nitrogens with zero attached hydrogens (tertiary/aromatic N) is 2. The molecule has 0 aliphatic rings. The minimum Gasteiger partial charge on any atom is -0.299 e.